The molecule has 1 aromatic carbocycles. The molecule has 1 atom stereocenters. The molecule has 3 N–H and O–H groups in total. The Labute approximate surface area is 139 Å². The predicted octanol–water partition coefficient (Wildman–Crippen LogP) is 1.32. The minimum Gasteiger partial charge on any atom is -0.448 e. The van der Waals surface area contributed by atoms with Gasteiger partial charge in [0, 0.05) is 17.1 Å². The molecule has 0 bridgehead atoms. The van der Waals surface area contributed by atoms with Crippen molar-refractivity contribution in [1.29, 1.82) is 0 Å². The molecule has 0 spiro atoms. The smallest absolute Gasteiger partial charge is 0.339 e. The Kier molecular flexibility index (Phi) is 4.16. The molecular formula is C15H12BrN3O4. The van der Waals surface area contributed by atoms with Crippen molar-refractivity contribution in [2.75, 3.05) is 0 Å². The number of halogens is 1. The molecule has 0 fully saturated rings. The first kappa shape index (κ1) is 15.3. The second-order valence-corrected chi connectivity index (χ2v) is 5.85. The molecule has 1 aromatic heterocycles. The lowest BCUT2D eigenvalue weighted by Gasteiger charge is -2.23. The molecular weight excluding hydrogens is 366 g/mol. The van der Waals surface area contributed by atoms with E-state index in [4.69, 9.17) is 4.74 Å². The van der Waals surface area contributed by atoms with E-state index in [2.05, 4.69) is 31.8 Å². The summed E-state index contributed by atoms with van der Waals surface area (Å²) in [5.41, 5.74) is 6.00. The normalized spacial score (nSPS) is 16.2. The molecule has 0 radical (unpaired) electrons. The summed E-state index contributed by atoms with van der Waals surface area (Å²) in [6.07, 6.45) is 0.877. The van der Waals surface area contributed by atoms with Crippen molar-refractivity contribution in [3.8, 4) is 0 Å². The van der Waals surface area contributed by atoms with Crippen LogP contribution in [-0.2, 0) is 16.0 Å². The Bertz CT molecular complexity index is 787. The molecule has 2 heterocycles. The largest absolute Gasteiger partial charge is 0.448 e. The number of aromatic amines is 1. The zero-order valence-corrected chi connectivity index (χ0v) is 13.3. The highest BCUT2D eigenvalue weighted by Gasteiger charge is 2.31. The Morgan fingerprint density at radius 1 is 1.26 bits per heavy atom. The summed E-state index contributed by atoms with van der Waals surface area (Å²) >= 11 is 3.21. The van der Waals surface area contributed by atoms with E-state index in [1.807, 2.05) is 0 Å². The molecule has 2 amide bonds. The van der Waals surface area contributed by atoms with Crippen LogP contribution < -0.4 is 10.9 Å². The number of hydrogen-bond acceptors (Lipinski definition) is 4. The highest BCUT2D eigenvalue weighted by atomic mass is 79.9. The monoisotopic (exact) mass is 377 g/mol. The SMILES string of the molecule is O=C(NNC(=O)C1Cc2ccccc2C(=O)O1)c1cc(Br)c[nH]1. The summed E-state index contributed by atoms with van der Waals surface area (Å²) in [6, 6.07) is 8.51. The number of H-pyrrole nitrogens is 1. The number of ether oxygens (including phenoxy) is 1. The van der Waals surface area contributed by atoms with Crippen LogP contribution in [0.25, 0.3) is 0 Å². The number of rotatable bonds is 2. The van der Waals surface area contributed by atoms with E-state index in [1.165, 1.54) is 0 Å². The van der Waals surface area contributed by atoms with Crippen LogP contribution in [0.2, 0.25) is 0 Å². The van der Waals surface area contributed by atoms with Crippen LogP contribution in [0.15, 0.2) is 41.0 Å². The first-order valence-corrected chi connectivity index (χ1v) is 7.57. The number of cyclic esters (lactones) is 1. The zero-order chi connectivity index (χ0) is 16.4. The van der Waals surface area contributed by atoms with E-state index in [-0.39, 0.29) is 12.1 Å². The molecule has 0 aliphatic carbocycles. The van der Waals surface area contributed by atoms with Gasteiger partial charge in [-0.1, -0.05) is 18.2 Å². The molecule has 7 nitrogen and oxygen atoms in total. The van der Waals surface area contributed by atoms with Gasteiger partial charge in [0.05, 0.1) is 5.56 Å². The van der Waals surface area contributed by atoms with Crippen molar-refractivity contribution in [3.63, 3.8) is 0 Å². The van der Waals surface area contributed by atoms with Crippen LogP contribution in [0.1, 0.15) is 26.4 Å². The van der Waals surface area contributed by atoms with Crippen molar-refractivity contribution in [1.82, 2.24) is 15.8 Å². The van der Waals surface area contributed by atoms with E-state index in [0.29, 0.717) is 10.0 Å². The third kappa shape index (κ3) is 3.26. The summed E-state index contributed by atoms with van der Waals surface area (Å²) in [5.74, 6) is -1.65. The topological polar surface area (TPSA) is 100 Å². The molecule has 0 saturated carbocycles. The summed E-state index contributed by atoms with van der Waals surface area (Å²) < 4.78 is 5.81. The van der Waals surface area contributed by atoms with Gasteiger partial charge in [-0.25, -0.2) is 4.79 Å². The first-order chi connectivity index (χ1) is 11.0. The van der Waals surface area contributed by atoms with Crippen molar-refractivity contribution >= 4 is 33.7 Å². The maximum Gasteiger partial charge on any atom is 0.339 e. The lowest BCUT2D eigenvalue weighted by molar-refractivity contribution is -0.131. The van der Waals surface area contributed by atoms with E-state index in [9.17, 15) is 14.4 Å². The van der Waals surface area contributed by atoms with Crippen molar-refractivity contribution in [3.05, 3.63) is 57.8 Å². The van der Waals surface area contributed by atoms with Crippen LogP contribution in [-0.4, -0.2) is 28.9 Å². The Morgan fingerprint density at radius 2 is 2.04 bits per heavy atom. The Balaban J connectivity index is 1.61. The standard InChI is InChI=1S/C15H12BrN3O4/c16-9-6-11(17-7-9)13(20)18-19-14(21)12-5-8-3-1-2-4-10(8)15(22)23-12/h1-4,6-7,12,17H,5H2,(H,18,20)(H,19,21). The van der Waals surface area contributed by atoms with E-state index in [1.54, 1.807) is 36.5 Å². The van der Waals surface area contributed by atoms with E-state index < -0.39 is 23.9 Å². The number of nitrogens with one attached hydrogen (secondary N) is 3. The van der Waals surface area contributed by atoms with Crippen LogP contribution in [0.3, 0.4) is 0 Å². The minimum atomic E-state index is -0.979. The third-order valence-corrected chi connectivity index (χ3v) is 3.83. The van der Waals surface area contributed by atoms with Gasteiger partial charge in [0.15, 0.2) is 6.10 Å². The van der Waals surface area contributed by atoms with Crippen LogP contribution >= 0.6 is 15.9 Å². The number of carbonyl (C=O) groups excluding carboxylic acids is 3. The zero-order valence-electron chi connectivity index (χ0n) is 11.8. The fourth-order valence-corrected chi connectivity index (χ4v) is 2.59. The quantitative estimate of drug-likeness (QED) is 0.542. The van der Waals surface area contributed by atoms with Gasteiger partial charge in [-0.2, -0.15) is 0 Å². The van der Waals surface area contributed by atoms with E-state index >= 15 is 0 Å². The number of esters is 1. The summed E-state index contributed by atoms with van der Waals surface area (Å²) in [6.45, 7) is 0. The van der Waals surface area contributed by atoms with Gasteiger partial charge >= 0.3 is 5.97 Å². The first-order valence-electron chi connectivity index (χ1n) is 6.77. The van der Waals surface area contributed by atoms with Crippen molar-refractivity contribution < 1.29 is 19.1 Å². The molecule has 1 unspecified atom stereocenters. The highest BCUT2D eigenvalue weighted by Crippen LogP contribution is 2.20. The van der Waals surface area contributed by atoms with Gasteiger partial charge in [0.25, 0.3) is 11.8 Å². The molecule has 2 aromatic rings. The second kappa shape index (κ2) is 6.25. The maximum atomic E-state index is 12.1. The number of aromatic nitrogens is 1. The minimum absolute atomic E-state index is 0.262. The fraction of sp³-hybridized carbons (Fsp3) is 0.133. The molecule has 3 rings (SSSR count). The highest BCUT2D eigenvalue weighted by molar-refractivity contribution is 9.10. The third-order valence-electron chi connectivity index (χ3n) is 3.38. The average Bonchev–Trinajstić information content (AvgIpc) is 2.99. The predicted molar refractivity (Wildman–Crippen MR) is 83.5 cm³/mol. The van der Waals surface area contributed by atoms with Gasteiger partial charge < -0.3 is 9.72 Å². The summed E-state index contributed by atoms with van der Waals surface area (Å²) in [4.78, 5) is 38.5. The molecule has 1 aliphatic rings. The van der Waals surface area contributed by atoms with Gasteiger partial charge in [-0.15, -0.1) is 0 Å². The van der Waals surface area contributed by atoms with E-state index in [0.717, 1.165) is 5.56 Å². The fourth-order valence-electron chi connectivity index (χ4n) is 2.24. The molecule has 1 aliphatic heterocycles. The van der Waals surface area contributed by atoms with Crippen LogP contribution in [0.4, 0.5) is 0 Å². The Hall–Kier alpha value is -2.61. The Morgan fingerprint density at radius 3 is 2.78 bits per heavy atom. The van der Waals surface area contributed by atoms with Gasteiger partial charge in [-0.05, 0) is 33.6 Å². The van der Waals surface area contributed by atoms with Crippen molar-refractivity contribution in [2.24, 2.45) is 0 Å². The lowest BCUT2D eigenvalue weighted by Crippen LogP contribution is -2.49. The molecule has 8 heteroatoms. The number of hydrogen-bond donors (Lipinski definition) is 3. The van der Waals surface area contributed by atoms with Crippen LogP contribution in [0.5, 0.6) is 0 Å². The van der Waals surface area contributed by atoms with Gasteiger partial charge in [0.2, 0.25) is 0 Å². The summed E-state index contributed by atoms with van der Waals surface area (Å²) in [5, 5.41) is 0. The number of fused-ring (bicyclic) bond motifs is 1. The van der Waals surface area contributed by atoms with Gasteiger partial charge in [0.1, 0.15) is 5.69 Å². The number of benzene rings is 1. The second-order valence-electron chi connectivity index (χ2n) is 4.93. The van der Waals surface area contributed by atoms with Crippen LogP contribution in [0, 0.1) is 0 Å². The molecule has 23 heavy (non-hydrogen) atoms. The average molecular weight is 378 g/mol. The maximum absolute atomic E-state index is 12.1. The lowest BCUT2D eigenvalue weighted by atomic mass is 9.98. The summed E-state index contributed by atoms with van der Waals surface area (Å²) in [7, 11) is 0. The number of amides is 2. The number of hydrazine groups is 1. The van der Waals surface area contributed by atoms with Gasteiger partial charge in [-0.3, -0.25) is 20.4 Å². The molecule has 0 saturated heterocycles. The van der Waals surface area contributed by atoms with Crippen molar-refractivity contribution in [2.45, 2.75) is 12.5 Å². The molecule has 118 valence electrons. The number of carbonyl (C=O) groups is 3.